The molecule has 1 atom stereocenters. The van der Waals surface area contributed by atoms with Crippen LogP contribution in [-0.4, -0.2) is 50.3 Å². The lowest BCUT2D eigenvalue weighted by molar-refractivity contribution is 0.135. The predicted molar refractivity (Wildman–Crippen MR) is 90.6 cm³/mol. The van der Waals surface area contributed by atoms with Crippen LogP contribution in [0, 0.1) is 5.92 Å². The molecule has 0 spiro atoms. The smallest absolute Gasteiger partial charge is 0.317 e. The molecule has 24 heavy (non-hydrogen) atoms. The Morgan fingerprint density at radius 1 is 1.38 bits per heavy atom. The first-order valence-corrected chi connectivity index (χ1v) is 8.69. The summed E-state index contributed by atoms with van der Waals surface area (Å²) in [6.07, 6.45) is 5.40. The zero-order valence-corrected chi connectivity index (χ0v) is 14.1. The molecule has 1 saturated heterocycles. The van der Waals surface area contributed by atoms with E-state index in [2.05, 4.69) is 22.4 Å². The molecule has 0 aromatic carbocycles. The van der Waals surface area contributed by atoms with E-state index in [1.54, 1.807) is 0 Å². The molecule has 7 nitrogen and oxygen atoms in total. The highest BCUT2D eigenvalue weighted by Gasteiger charge is 2.26. The standard InChI is InChI=1S/C17H25N5O2/c1-2-5-14(16-20-19-15-6-3-4-9-22(15)16)18-17(24)21-10-7-13(12-23)8-11-21/h3-4,6,9,13-14,23H,2,5,7-8,10-12H2,1H3,(H,18,24). The molecule has 7 heteroatoms. The number of carbonyl (C=O) groups excluding carboxylic acids is 1. The number of fused-ring (bicyclic) bond motifs is 1. The third-order valence-electron chi connectivity index (χ3n) is 4.69. The lowest BCUT2D eigenvalue weighted by Crippen LogP contribution is -2.46. The van der Waals surface area contributed by atoms with Gasteiger partial charge in [0.2, 0.25) is 0 Å². The average molecular weight is 331 g/mol. The van der Waals surface area contributed by atoms with Gasteiger partial charge >= 0.3 is 6.03 Å². The van der Waals surface area contributed by atoms with Crippen molar-refractivity contribution >= 4 is 11.7 Å². The van der Waals surface area contributed by atoms with Crippen LogP contribution in [0.4, 0.5) is 4.79 Å². The number of pyridine rings is 1. The van der Waals surface area contributed by atoms with E-state index in [4.69, 9.17) is 0 Å². The van der Waals surface area contributed by atoms with Crippen molar-refractivity contribution in [1.82, 2.24) is 24.8 Å². The highest BCUT2D eigenvalue weighted by Crippen LogP contribution is 2.20. The van der Waals surface area contributed by atoms with Crippen LogP contribution in [0.2, 0.25) is 0 Å². The lowest BCUT2D eigenvalue weighted by Gasteiger charge is -2.32. The van der Waals surface area contributed by atoms with Crippen LogP contribution in [0.25, 0.3) is 5.65 Å². The first kappa shape index (κ1) is 16.7. The van der Waals surface area contributed by atoms with Gasteiger partial charge in [-0.3, -0.25) is 4.40 Å². The number of nitrogens with zero attached hydrogens (tertiary/aromatic N) is 4. The number of aromatic nitrogens is 3. The van der Waals surface area contributed by atoms with Gasteiger partial charge in [-0.25, -0.2) is 4.79 Å². The van der Waals surface area contributed by atoms with Crippen molar-refractivity contribution in [3.05, 3.63) is 30.2 Å². The number of piperidine rings is 1. The van der Waals surface area contributed by atoms with Gasteiger partial charge in [0.1, 0.15) is 0 Å². The number of carbonyl (C=O) groups is 1. The number of nitrogens with one attached hydrogen (secondary N) is 1. The zero-order valence-electron chi connectivity index (χ0n) is 14.1. The van der Waals surface area contributed by atoms with Gasteiger partial charge in [-0.05, 0) is 37.3 Å². The zero-order chi connectivity index (χ0) is 16.9. The first-order chi connectivity index (χ1) is 11.7. The molecule has 0 aliphatic carbocycles. The molecule has 1 aliphatic rings. The fourth-order valence-corrected chi connectivity index (χ4v) is 3.21. The molecule has 2 aromatic rings. The van der Waals surface area contributed by atoms with Crippen molar-refractivity contribution in [3.63, 3.8) is 0 Å². The Morgan fingerprint density at radius 2 is 2.17 bits per heavy atom. The molecule has 130 valence electrons. The first-order valence-electron chi connectivity index (χ1n) is 8.69. The lowest BCUT2D eigenvalue weighted by atomic mass is 9.98. The Morgan fingerprint density at radius 3 is 2.88 bits per heavy atom. The van der Waals surface area contributed by atoms with Crippen LogP contribution in [0.15, 0.2) is 24.4 Å². The van der Waals surface area contributed by atoms with Crippen LogP contribution in [0.5, 0.6) is 0 Å². The van der Waals surface area contributed by atoms with Crippen molar-refractivity contribution in [2.75, 3.05) is 19.7 Å². The molecular weight excluding hydrogens is 306 g/mol. The van der Waals surface area contributed by atoms with Crippen LogP contribution in [0.3, 0.4) is 0 Å². The van der Waals surface area contributed by atoms with Crippen molar-refractivity contribution in [3.8, 4) is 0 Å². The highest BCUT2D eigenvalue weighted by atomic mass is 16.3. The maximum absolute atomic E-state index is 12.6. The Labute approximate surface area is 141 Å². The summed E-state index contributed by atoms with van der Waals surface area (Å²) in [5.41, 5.74) is 0.784. The predicted octanol–water partition coefficient (Wildman–Crippen LogP) is 1.98. The van der Waals surface area contributed by atoms with Crippen LogP contribution in [-0.2, 0) is 0 Å². The van der Waals surface area contributed by atoms with Gasteiger partial charge in [0.05, 0.1) is 6.04 Å². The van der Waals surface area contributed by atoms with Crippen molar-refractivity contribution < 1.29 is 9.90 Å². The Hall–Kier alpha value is -2.15. The van der Waals surface area contributed by atoms with E-state index in [9.17, 15) is 9.90 Å². The summed E-state index contributed by atoms with van der Waals surface area (Å²) in [5, 5.41) is 20.8. The van der Waals surface area contributed by atoms with E-state index in [1.807, 2.05) is 33.7 Å². The number of amides is 2. The highest BCUT2D eigenvalue weighted by molar-refractivity contribution is 5.74. The second-order valence-corrected chi connectivity index (χ2v) is 6.39. The van der Waals surface area contributed by atoms with Crippen molar-refractivity contribution in [1.29, 1.82) is 0 Å². The fraction of sp³-hybridized carbons (Fsp3) is 0.588. The van der Waals surface area contributed by atoms with Crippen LogP contribution in [0.1, 0.15) is 44.5 Å². The Kier molecular flexibility index (Phi) is 5.30. The summed E-state index contributed by atoms with van der Waals surface area (Å²) in [7, 11) is 0. The van der Waals surface area contributed by atoms with E-state index >= 15 is 0 Å². The van der Waals surface area contributed by atoms with Crippen LogP contribution >= 0.6 is 0 Å². The van der Waals surface area contributed by atoms with E-state index in [-0.39, 0.29) is 18.7 Å². The normalized spacial score (nSPS) is 17.2. The summed E-state index contributed by atoms with van der Waals surface area (Å²) < 4.78 is 1.93. The summed E-state index contributed by atoms with van der Waals surface area (Å²) in [6.45, 7) is 3.68. The van der Waals surface area contributed by atoms with E-state index in [0.717, 1.165) is 37.2 Å². The molecule has 1 fully saturated rings. The summed E-state index contributed by atoms with van der Waals surface area (Å²) in [5.74, 6) is 1.09. The van der Waals surface area contributed by atoms with Gasteiger partial charge < -0.3 is 15.3 Å². The molecule has 3 rings (SSSR count). The van der Waals surface area contributed by atoms with Gasteiger partial charge in [0.25, 0.3) is 0 Å². The van der Waals surface area contributed by atoms with Crippen molar-refractivity contribution in [2.24, 2.45) is 5.92 Å². The fourth-order valence-electron chi connectivity index (χ4n) is 3.21. The maximum Gasteiger partial charge on any atom is 0.317 e. The number of hydrogen-bond donors (Lipinski definition) is 2. The molecule has 3 heterocycles. The molecule has 2 N–H and O–H groups in total. The van der Waals surface area contributed by atoms with Gasteiger partial charge in [-0.15, -0.1) is 10.2 Å². The van der Waals surface area contributed by atoms with Crippen LogP contribution < -0.4 is 5.32 Å². The van der Waals surface area contributed by atoms with Gasteiger partial charge in [0, 0.05) is 25.9 Å². The third-order valence-corrected chi connectivity index (χ3v) is 4.69. The molecule has 0 saturated carbocycles. The minimum Gasteiger partial charge on any atom is -0.396 e. The SMILES string of the molecule is CCCC(NC(=O)N1CCC(CO)CC1)c1nnc2ccccn12. The minimum atomic E-state index is -0.157. The molecule has 1 aliphatic heterocycles. The third kappa shape index (κ3) is 3.51. The van der Waals surface area contributed by atoms with Gasteiger partial charge in [-0.2, -0.15) is 0 Å². The summed E-state index contributed by atoms with van der Waals surface area (Å²) in [6, 6.07) is 5.55. The average Bonchev–Trinajstić information content (AvgIpc) is 3.05. The molecule has 0 radical (unpaired) electrons. The summed E-state index contributed by atoms with van der Waals surface area (Å²) in [4.78, 5) is 14.4. The second kappa shape index (κ2) is 7.61. The minimum absolute atomic E-state index is 0.0579. The van der Waals surface area contributed by atoms with E-state index in [1.165, 1.54) is 0 Å². The number of urea groups is 1. The van der Waals surface area contributed by atoms with Crippen molar-refractivity contribution in [2.45, 2.75) is 38.6 Å². The number of rotatable bonds is 5. The molecule has 0 bridgehead atoms. The number of likely N-dealkylation sites (tertiary alicyclic amines) is 1. The van der Waals surface area contributed by atoms with Gasteiger partial charge in [-0.1, -0.05) is 19.4 Å². The largest absolute Gasteiger partial charge is 0.396 e. The Bertz CT molecular complexity index is 678. The molecule has 2 aromatic heterocycles. The second-order valence-electron chi connectivity index (χ2n) is 6.39. The number of aliphatic hydroxyl groups is 1. The topological polar surface area (TPSA) is 82.8 Å². The molecule has 2 amide bonds. The van der Waals surface area contributed by atoms with E-state index < -0.39 is 0 Å². The number of aliphatic hydroxyl groups excluding tert-OH is 1. The molecule has 1 unspecified atom stereocenters. The monoisotopic (exact) mass is 331 g/mol. The Balaban J connectivity index is 1.71. The maximum atomic E-state index is 12.6. The molecular formula is C17H25N5O2. The quantitative estimate of drug-likeness (QED) is 0.878. The number of hydrogen-bond acceptors (Lipinski definition) is 4. The summed E-state index contributed by atoms with van der Waals surface area (Å²) >= 11 is 0. The van der Waals surface area contributed by atoms with E-state index in [0.29, 0.717) is 19.0 Å². The van der Waals surface area contributed by atoms with Gasteiger partial charge in [0.15, 0.2) is 11.5 Å².